The molecular weight excluding hydrogens is 202 g/mol. The normalized spacial score (nSPS) is 38.6. The van der Waals surface area contributed by atoms with Crippen LogP contribution >= 0.6 is 0 Å². The lowest BCUT2D eigenvalue weighted by Gasteiger charge is -2.37. The number of nitrogens with one attached hydrogen (secondary N) is 1. The highest BCUT2D eigenvalue weighted by Crippen LogP contribution is 2.71. The minimum absolute atomic E-state index is 0.180. The molecular formula is C13H15NO2. The zero-order valence-electron chi connectivity index (χ0n) is 9.41. The van der Waals surface area contributed by atoms with Crippen LogP contribution in [0, 0.1) is 11.8 Å². The van der Waals surface area contributed by atoms with Crippen molar-refractivity contribution in [3.63, 3.8) is 0 Å². The van der Waals surface area contributed by atoms with Gasteiger partial charge in [-0.05, 0) is 32.1 Å². The van der Waals surface area contributed by atoms with E-state index in [1.165, 1.54) is 17.6 Å². The zero-order chi connectivity index (χ0) is 11.2. The Balaban J connectivity index is 2.06. The first kappa shape index (κ1) is 8.74. The first-order valence-corrected chi connectivity index (χ1v) is 5.92. The molecule has 16 heavy (non-hydrogen) atoms. The number of aromatic amines is 1. The van der Waals surface area contributed by atoms with Gasteiger partial charge in [-0.2, -0.15) is 0 Å². The van der Waals surface area contributed by atoms with E-state index < -0.39 is 0 Å². The summed E-state index contributed by atoms with van der Waals surface area (Å²) in [6.45, 7) is 4.35. The van der Waals surface area contributed by atoms with E-state index in [0.717, 1.165) is 11.1 Å². The standard InChI is InChI=1S/C13H15NO2/c1-4-5(2)9-7-3-6(7)8(4)10-11(9)13(16)14-12(10)15/h6-9,14-16H,3H2,1-2H3. The topological polar surface area (TPSA) is 56.2 Å². The van der Waals surface area contributed by atoms with Gasteiger partial charge in [0.05, 0.1) is 0 Å². The van der Waals surface area contributed by atoms with Crippen LogP contribution in [-0.4, -0.2) is 15.2 Å². The van der Waals surface area contributed by atoms with Crippen LogP contribution in [0.1, 0.15) is 43.2 Å². The maximum Gasteiger partial charge on any atom is 0.195 e. The van der Waals surface area contributed by atoms with Gasteiger partial charge in [0.15, 0.2) is 11.8 Å². The second-order valence-corrected chi connectivity index (χ2v) is 5.53. The molecule has 3 nitrogen and oxygen atoms in total. The highest BCUT2D eigenvalue weighted by atomic mass is 16.3. The Bertz CT molecular complexity index is 496. The highest BCUT2D eigenvalue weighted by molar-refractivity contribution is 5.61. The lowest BCUT2D eigenvalue weighted by Crippen LogP contribution is -2.25. The van der Waals surface area contributed by atoms with Gasteiger partial charge in [-0.3, -0.25) is 4.98 Å². The average Bonchev–Trinajstić information content (AvgIpc) is 2.96. The summed E-state index contributed by atoms with van der Waals surface area (Å²) >= 11 is 0. The van der Waals surface area contributed by atoms with Crippen molar-refractivity contribution in [2.45, 2.75) is 32.1 Å². The van der Waals surface area contributed by atoms with Crippen molar-refractivity contribution >= 4 is 0 Å². The molecule has 0 spiro atoms. The summed E-state index contributed by atoms with van der Waals surface area (Å²) in [7, 11) is 0. The molecule has 1 heterocycles. The predicted molar refractivity (Wildman–Crippen MR) is 59.6 cm³/mol. The molecule has 0 saturated heterocycles. The molecule has 4 unspecified atom stereocenters. The van der Waals surface area contributed by atoms with Crippen molar-refractivity contribution in [2.24, 2.45) is 11.8 Å². The van der Waals surface area contributed by atoms with E-state index in [9.17, 15) is 10.2 Å². The van der Waals surface area contributed by atoms with Crippen molar-refractivity contribution < 1.29 is 10.2 Å². The van der Waals surface area contributed by atoms with Gasteiger partial charge >= 0.3 is 0 Å². The third-order valence-electron chi connectivity index (χ3n) is 4.96. The zero-order valence-corrected chi connectivity index (χ0v) is 9.41. The molecule has 1 saturated carbocycles. The first-order valence-electron chi connectivity index (χ1n) is 5.92. The minimum Gasteiger partial charge on any atom is -0.494 e. The van der Waals surface area contributed by atoms with Crippen LogP contribution in [-0.2, 0) is 0 Å². The van der Waals surface area contributed by atoms with Gasteiger partial charge in [-0.1, -0.05) is 11.1 Å². The Morgan fingerprint density at radius 2 is 1.38 bits per heavy atom. The molecule has 2 bridgehead atoms. The number of aromatic hydroxyl groups is 2. The van der Waals surface area contributed by atoms with Gasteiger partial charge in [0.1, 0.15) is 0 Å². The van der Waals surface area contributed by atoms with Crippen molar-refractivity contribution in [1.29, 1.82) is 0 Å². The van der Waals surface area contributed by atoms with Crippen LogP contribution < -0.4 is 0 Å². The number of aromatic nitrogens is 1. The molecule has 1 fully saturated rings. The number of allylic oxidation sites excluding steroid dienone is 2. The SMILES string of the molecule is CC1=C(C)C2c3c(O)[nH]c(O)c3C1C1CC21. The summed E-state index contributed by atoms with van der Waals surface area (Å²) in [6, 6.07) is 0. The monoisotopic (exact) mass is 217 g/mol. The largest absolute Gasteiger partial charge is 0.494 e. The smallest absolute Gasteiger partial charge is 0.195 e. The number of H-pyrrole nitrogens is 1. The molecule has 3 N–H and O–H groups in total. The summed E-state index contributed by atoms with van der Waals surface area (Å²) in [4.78, 5) is 2.69. The Kier molecular flexibility index (Phi) is 1.26. The fourth-order valence-corrected chi connectivity index (χ4v) is 4.13. The summed E-state index contributed by atoms with van der Waals surface area (Å²) in [6.07, 6.45) is 1.25. The molecule has 4 aliphatic carbocycles. The van der Waals surface area contributed by atoms with E-state index in [0.29, 0.717) is 23.7 Å². The molecule has 0 radical (unpaired) electrons. The molecule has 4 aliphatic rings. The fourth-order valence-electron chi connectivity index (χ4n) is 4.13. The van der Waals surface area contributed by atoms with Crippen LogP contribution in [0.4, 0.5) is 0 Å². The van der Waals surface area contributed by atoms with Gasteiger partial charge in [0.25, 0.3) is 0 Å². The van der Waals surface area contributed by atoms with E-state index in [-0.39, 0.29) is 11.8 Å². The van der Waals surface area contributed by atoms with Crippen molar-refractivity contribution in [3.05, 3.63) is 22.3 Å². The van der Waals surface area contributed by atoms with Crippen molar-refractivity contribution in [1.82, 2.24) is 4.98 Å². The highest BCUT2D eigenvalue weighted by Gasteiger charge is 2.59. The van der Waals surface area contributed by atoms with Gasteiger partial charge in [0, 0.05) is 23.0 Å². The van der Waals surface area contributed by atoms with Crippen LogP contribution in [0.15, 0.2) is 11.1 Å². The van der Waals surface area contributed by atoms with E-state index in [4.69, 9.17) is 0 Å². The van der Waals surface area contributed by atoms with E-state index in [2.05, 4.69) is 18.8 Å². The van der Waals surface area contributed by atoms with Crippen LogP contribution in [0.5, 0.6) is 11.8 Å². The lowest BCUT2D eigenvalue weighted by molar-refractivity contribution is 0.421. The Morgan fingerprint density at radius 1 is 0.938 bits per heavy atom. The molecule has 0 aromatic carbocycles. The summed E-state index contributed by atoms with van der Waals surface area (Å²) in [5.74, 6) is 2.48. The fraction of sp³-hybridized carbons (Fsp3) is 0.538. The van der Waals surface area contributed by atoms with Crippen LogP contribution in [0.2, 0.25) is 0 Å². The molecule has 3 heteroatoms. The van der Waals surface area contributed by atoms with Gasteiger partial charge in [-0.25, -0.2) is 0 Å². The van der Waals surface area contributed by atoms with E-state index in [1.807, 2.05) is 0 Å². The second-order valence-electron chi connectivity index (χ2n) is 5.53. The summed E-state index contributed by atoms with van der Waals surface area (Å²) in [5, 5.41) is 19.8. The molecule has 0 aliphatic heterocycles. The number of hydrogen-bond acceptors (Lipinski definition) is 2. The molecule has 1 aromatic rings. The first-order chi connectivity index (χ1) is 7.61. The molecule has 0 amide bonds. The third-order valence-corrected chi connectivity index (χ3v) is 4.96. The van der Waals surface area contributed by atoms with Crippen molar-refractivity contribution in [2.75, 3.05) is 0 Å². The number of rotatable bonds is 0. The molecule has 4 atom stereocenters. The molecule has 5 rings (SSSR count). The maximum absolute atomic E-state index is 9.90. The third kappa shape index (κ3) is 0.721. The van der Waals surface area contributed by atoms with Gasteiger partial charge in [-0.15, -0.1) is 0 Å². The van der Waals surface area contributed by atoms with E-state index >= 15 is 0 Å². The maximum atomic E-state index is 9.90. The molecule has 1 aromatic heterocycles. The van der Waals surface area contributed by atoms with Crippen molar-refractivity contribution in [3.8, 4) is 11.8 Å². The summed E-state index contributed by atoms with van der Waals surface area (Å²) < 4.78 is 0. The van der Waals surface area contributed by atoms with Gasteiger partial charge in [0.2, 0.25) is 0 Å². The average molecular weight is 217 g/mol. The number of hydrogen-bond donors (Lipinski definition) is 3. The Labute approximate surface area is 93.8 Å². The second kappa shape index (κ2) is 2.31. The van der Waals surface area contributed by atoms with Gasteiger partial charge < -0.3 is 10.2 Å². The lowest BCUT2D eigenvalue weighted by atomic mass is 9.65. The van der Waals surface area contributed by atoms with Crippen LogP contribution in [0.25, 0.3) is 0 Å². The Morgan fingerprint density at radius 3 is 1.81 bits per heavy atom. The predicted octanol–water partition coefficient (Wildman–Crippen LogP) is 2.59. The molecule has 84 valence electrons. The summed E-state index contributed by atoms with van der Waals surface area (Å²) in [5.41, 5.74) is 4.77. The Hall–Kier alpha value is -1.38. The minimum atomic E-state index is 0.180. The van der Waals surface area contributed by atoms with Crippen LogP contribution in [0.3, 0.4) is 0 Å². The van der Waals surface area contributed by atoms with E-state index in [1.54, 1.807) is 0 Å². The quantitative estimate of drug-likeness (QED) is 0.585.